The monoisotopic (exact) mass is 293 g/mol. The van der Waals surface area contributed by atoms with E-state index in [4.69, 9.17) is 9.94 Å². The molecule has 0 saturated heterocycles. The van der Waals surface area contributed by atoms with Crippen molar-refractivity contribution in [2.75, 3.05) is 7.11 Å². The van der Waals surface area contributed by atoms with Gasteiger partial charge < -0.3 is 15.1 Å². The third kappa shape index (κ3) is 2.24. The van der Waals surface area contributed by atoms with E-state index in [1.165, 1.54) is 13.3 Å². The van der Waals surface area contributed by atoms with Gasteiger partial charge in [-0.25, -0.2) is 0 Å². The van der Waals surface area contributed by atoms with Crippen LogP contribution in [-0.2, 0) is 0 Å². The number of methoxy groups -OCH3 is 1. The minimum absolute atomic E-state index is 0.0955. The fourth-order valence-electron chi connectivity index (χ4n) is 0.891. The first kappa shape index (κ1) is 10.1. The van der Waals surface area contributed by atoms with Gasteiger partial charge >= 0.3 is 0 Å². The van der Waals surface area contributed by atoms with E-state index in [9.17, 15) is 5.11 Å². The molecular formula is C8H8INO3. The van der Waals surface area contributed by atoms with Gasteiger partial charge in [-0.05, 0) is 34.7 Å². The summed E-state index contributed by atoms with van der Waals surface area (Å²) in [7, 11) is 1.46. The zero-order chi connectivity index (χ0) is 9.84. The number of phenols is 1. The van der Waals surface area contributed by atoms with Crippen LogP contribution in [0.5, 0.6) is 11.5 Å². The van der Waals surface area contributed by atoms with E-state index in [1.54, 1.807) is 12.1 Å². The van der Waals surface area contributed by atoms with Gasteiger partial charge in [-0.15, -0.1) is 0 Å². The third-order valence-corrected chi connectivity index (χ3v) is 2.30. The minimum Gasteiger partial charge on any atom is -0.504 e. The molecule has 0 spiro atoms. The van der Waals surface area contributed by atoms with Gasteiger partial charge in [0, 0.05) is 5.56 Å². The quantitative estimate of drug-likeness (QED) is 0.378. The molecule has 0 unspecified atom stereocenters. The number of hydrogen-bond acceptors (Lipinski definition) is 4. The van der Waals surface area contributed by atoms with Crippen molar-refractivity contribution >= 4 is 28.8 Å². The summed E-state index contributed by atoms with van der Waals surface area (Å²) in [4.78, 5) is 0. The van der Waals surface area contributed by atoms with Gasteiger partial charge in [0.25, 0.3) is 0 Å². The summed E-state index contributed by atoms with van der Waals surface area (Å²) in [6, 6.07) is 3.26. The summed E-state index contributed by atoms with van der Waals surface area (Å²) < 4.78 is 5.56. The molecule has 5 heteroatoms. The lowest BCUT2D eigenvalue weighted by Crippen LogP contribution is -1.89. The van der Waals surface area contributed by atoms with Gasteiger partial charge in [0.2, 0.25) is 0 Å². The topological polar surface area (TPSA) is 62.0 Å². The Morgan fingerprint density at radius 3 is 2.77 bits per heavy atom. The molecule has 2 N–H and O–H groups in total. The molecule has 13 heavy (non-hydrogen) atoms. The molecule has 0 atom stereocenters. The van der Waals surface area contributed by atoms with Crippen molar-refractivity contribution in [3.05, 3.63) is 21.3 Å². The maximum atomic E-state index is 9.45. The van der Waals surface area contributed by atoms with Crippen LogP contribution in [0.3, 0.4) is 0 Å². The lowest BCUT2D eigenvalue weighted by atomic mass is 10.2. The Morgan fingerprint density at radius 2 is 2.23 bits per heavy atom. The van der Waals surface area contributed by atoms with Crippen molar-refractivity contribution in [3.8, 4) is 11.5 Å². The first-order chi connectivity index (χ1) is 6.19. The molecule has 1 aromatic rings. The average Bonchev–Trinajstić information content (AvgIpc) is 2.11. The van der Waals surface area contributed by atoms with Crippen molar-refractivity contribution in [3.63, 3.8) is 0 Å². The maximum absolute atomic E-state index is 9.45. The van der Waals surface area contributed by atoms with Gasteiger partial charge in [-0.2, -0.15) is 0 Å². The molecule has 0 saturated carbocycles. The summed E-state index contributed by atoms with van der Waals surface area (Å²) in [5, 5.41) is 20.6. The summed E-state index contributed by atoms with van der Waals surface area (Å²) in [6.45, 7) is 0. The van der Waals surface area contributed by atoms with Gasteiger partial charge in [-0.3, -0.25) is 0 Å². The molecule has 4 nitrogen and oxygen atoms in total. The lowest BCUT2D eigenvalue weighted by Gasteiger charge is -2.05. The predicted octanol–water partition coefficient (Wildman–Crippen LogP) is 1.81. The highest BCUT2D eigenvalue weighted by molar-refractivity contribution is 14.1. The van der Waals surface area contributed by atoms with Crippen LogP contribution in [0.2, 0.25) is 0 Å². The maximum Gasteiger partial charge on any atom is 0.171 e. The van der Waals surface area contributed by atoms with Crippen molar-refractivity contribution in [1.82, 2.24) is 0 Å². The molecule has 0 aliphatic rings. The molecule has 0 aromatic heterocycles. The second kappa shape index (κ2) is 4.31. The zero-order valence-electron chi connectivity index (χ0n) is 6.86. The van der Waals surface area contributed by atoms with E-state index in [1.807, 2.05) is 22.6 Å². The number of rotatable bonds is 2. The SMILES string of the molecule is COc1cc(/C=N/O)cc(I)c1O. The highest BCUT2D eigenvalue weighted by Crippen LogP contribution is 2.31. The summed E-state index contributed by atoms with van der Waals surface area (Å²) in [5.74, 6) is 0.458. The summed E-state index contributed by atoms with van der Waals surface area (Å²) >= 11 is 1.97. The van der Waals surface area contributed by atoms with E-state index in [0.29, 0.717) is 14.9 Å². The van der Waals surface area contributed by atoms with Gasteiger partial charge in [0.15, 0.2) is 11.5 Å². The highest BCUT2D eigenvalue weighted by Gasteiger charge is 2.06. The predicted molar refractivity (Wildman–Crippen MR) is 56.8 cm³/mol. The van der Waals surface area contributed by atoms with Crippen molar-refractivity contribution in [1.29, 1.82) is 0 Å². The molecule has 70 valence electrons. The van der Waals surface area contributed by atoms with Crippen LogP contribution in [0.1, 0.15) is 5.56 Å². The Bertz CT molecular complexity index is 338. The number of oxime groups is 1. The Kier molecular flexibility index (Phi) is 3.35. The second-order valence-corrected chi connectivity index (χ2v) is 3.46. The first-order valence-electron chi connectivity index (χ1n) is 3.43. The molecule has 0 aliphatic heterocycles. The van der Waals surface area contributed by atoms with Crippen LogP contribution in [0.15, 0.2) is 17.3 Å². The minimum atomic E-state index is 0.0955. The van der Waals surface area contributed by atoms with Gasteiger partial charge in [-0.1, -0.05) is 5.16 Å². The number of phenolic OH excluding ortho intramolecular Hbond substituents is 1. The molecule has 0 bridgehead atoms. The van der Waals surface area contributed by atoms with Crippen LogP contribution in [0.4, 0.5) is 0 Å². The van der Waals surface area contributed by atoms with Gasteiger partial charge in [0.1, 0.15) is 0 Å². The zero-order valence-corrected chi connectivity index (χ0v) is 9.02. The van der Waals surface area contributed by atoms with Crippen LogP contribution >= 0.6 is 22.6 Å². The average molecular weight is 293 g/mol. The molecule has 0 radical (unpaired) electrons. The summed E-state index contributed by atoms with van der Waals surface area (Å²) in [5.41, 5.74) is 0.668. The molecular weight excluding hydrogens is 285 g/mol. The summed E-state index contributed by atoms with van der Waals surface area (Å²) in [6.07, 6.45) is 1.27. The van der Waals surface area contributed by atoms with Crippen LogP contribution in [-0.4, -0.2) is 23.6 Å². The van der Waals surface area contributed by atoms with Crippen molar-refractivity contribution in [2.45, 2.75) is 0 Å². The normalized spacial score (nSPS) is 10.6. The molecule has 1 aromatic carbocycles. The van der Waals surface area contributed by atoms with Crippen LogP contribution < -0.4 is 4.74 Å². The van der Waals surface area contributed by atoms with E-state index >= 15 is 0 Å². The van der Waals surface area contributed by atoms with E-state index < -0.39 is 0 Å². The third-order valence-electron chi connectivity index (χ3n) is 1.48. The van der Waals surface area contributed by atoms with Crippen molar-refractivity contribution in [2.24, 2.45) is 5.16 Å². The number of halogens is 1. The fraction of sp³-hybridized carbons (Fsp3) is 0.125. The second-order valence-electron chi connectivity index (χ2n) is 2.30. The number of benzene rings is 1. The molecule has 0 heterocycles. The smallest absolute Gasteiger partial charge is 0.171 e. The highest BCUT2D eigenvalue weighted by atomic mass is 127. The van der Waals surface area contributed by atoms with Crippen molar-refractivity contribution < 1.29 is 15.1 Å². The molecule has 0 amide bonds. The van der Waals surface area contributed by atoms with E-state index in [-0.39, 0.29) is 5.75 Å². The number of ether oxygens (including phenoxy) is 1. The van der Waals surface area contributed by atoms with Gasteiger partial charge in [0.05, 0.1) is 16.9 Å². The lowest BCUT2D eigenvalue weighted by molar-refractivity contribution is 0.321. The molecule has 0 aliphatic carbocycles. The molecule has 0 fully saturated rings. The van der Waals surface area contributed by atoms with E-state index in [2.05, 4.69) is 5.16 Å². The standard InChI is InChI=1S/C8H8INO3/c1-13-7-3-5(4-10-12)2-6(9)8(7)11/h2-4,11-12H,1H3/b10-4+. The van der Waals surface area contributed by atoms with Crippen LogP contribution in [0, 0.1) is 3.57 Å². The number of aromatic hydroxyl groups is 1. The van der Waals surface area contributed by atoms with E-state index in [0.717, 1.165) is 0 Å². The largest absolute Gasteiger partial charge is 0.504 e. The molecule has 1 rings (SSSR count). The fourth-order valence-corrected chi connectivity index (χ4v) is 1.52. The van der Waals surface area contributed by atoms with Crippen LogP contribution in [0.25, 0.3) is 0 Å². The number of hydrogen-bond donors (Lipinski definition) is 2. The Labute approximate surface area is 89.0 Å². The first-order valence-corrected chi connectivity index (χ1v) is 4.51. The number of nitrogens with zero attached hydrogens (tertiary/aromatic N) is 1. The Hall–Kier alpha value is -0.980. The Morgan fingerprint density at radius 1 is 1.54 bits per heavy atom. The Balaban J connectivity index is 3.21.